The normalized spacial score (nSPS) is 12.5. The molecule has 0 amide bonds. The van der Waals surface area contributed by atoms with Crippen LogP contribution in [0.3, 0.4) is 0 Å². The Balaban J connectivity index is 1.53. The van der Waals surface area contributed by atoms with Crippen LogP contribution in [-0.4, -0.2) is 27.1 Å². The average Bonchev–Trinajstić information content (AvgIpc) is 3.40. The van der Waals surface area contributed by atoms with E-state index in [1.165, 1.54) is 0 Å². The molecule has 1 aliphatic rings. The van der Waals surface area contributed by atoms with E-state index in [-0.39, 0.29) is 6.79 Å². The molecular weight excluding hydrogens is 320 g/mol. The van der Waals surface area contributed by atoms with E-state index in [9.17, 15) is 0 Å². The summed E-state index contributed by atoms with van der Waals surface area (Å²) in [7, 11) is 0. The highest BCUT2D eigenvalue weighted by Crippen LogP contribution is 2.36. The zero-order chi connectivity index (χ0) is 16.6. The summed E-state index contributed by atoms with van der Waals surface area (Å²) in [6.45, 7) is 0.228. The smallest absolute Gasteiger partial charge is 0.262 e. The molecule has 1 aliphatic heterocycles. The second-order valence-electron chi connectivity index (χ2n) is 5.52. The molecule has 0 saturated heterocycles. The van der Waals surface area contributed by atoms with Crippen LogP contribution in [0.25, 0.3) is 34.1 Å². The van der Waals surface area contributed by atoms with Gasteiger partial charge in [0, 0.05) is 11.1 Å². The number of aromatic amines is 1. The van der Waals surface area contributed by atoms with Crippen LogP contribution in [0.15, 0.2) is 59.3 Å². The molecule has 25 heavy (non-hydrogen) atoms. The second kappa shape index (κ2) is 5.48. The molecule has 0 saturated carbocycles. The molecule has 5 rings (SSSR count). The highest BCUT2D eigenvalue weighted by atomic mass is 16.7. The van der Waals surface area contributed by atoms with Gasteiger partial charge >= 0.3 is 0 Å². The maximum atomic E-state index is 5.45. The minimum absolute atomic E-state index is 0.228. The molecule has 3 heterocycles. The van der Waals surface area contributed by atoms with Gasteiger partial charge in [-0.1, -0.05) is 35.5 Å². The van der Waals surface area contributed by atoms with Crippen LogP contribution in [0, 0.1) is 0 Å². The van der Waals surface area contributed by atoms with Gasteiger partial charge in [0.1, 0.15) is 0 Å². The highest BCUT2D eigenvalue weighted by Gasteiger charge is 2.19. The SMILES string of the molecule is c1ccc(-c2[nH]ncc2-c2nc(-c3ccc4c(c3)OCO4)no2)cc1. The first kappa shape index (κ1) is 13.8. The van der Waals surface area contributed by atoms with E-state index in [2.05, 4.69) is 20.3 Å². The van der Waals surface area contributed by atoms with Gasteiger partial charge in [-0.25, -0.2) is 0 Å². The number of benzene rings is 2. The lowest BCUT2D eigenvalue weighted by Gasteiger charge is -1.99. The maximum absolute atomic E-state index is 5.45. The summed E-state index contributed by atoms with van der Waals surface area (Å²) < 4.78 is 16.2. The number of aromatic nitrogens is 4. The van der Waals surface area contributed by atoms with Crippen molar-refractivity contribution in [3.8, 4) is 45.6 Å². The minimum Gasteiger partial charge on any atom is -0.454 e. The predicted molar refractivity (Wildman–Crippen MR) is 88.9 cm³/mol. The third-order valence-corrected chi connectivity index (χ3v) is 3.99. The Morgan fingerprint density at radius 1 is 0.920 bits per heavy atom. The van der Waals surface area contributed by atoms with E-state index >= 15 is 0 Å². The lowest BCUT2D eigenvalue weighted by Crippen LogP contribution is -1.92. The first-order valence-electron chi connectivity index (χ1n) is 7.71. The van der Waals surface area contributed by atoms with Gasteiger partial charge in [0.25, 0.3) is 5.89 Å². The number of hydrogen-bond acceptors (Lipinski definition) is 6. The summed E-state index contributed by atoms with van der Waals surface area (Å²) in [4.78, 5) is 4.50. The Labute approximate surface area is 142 Å². The molecule has 7 heteroatoms. The molecule has 122 valence electrons. The predicted octanol–water partition coefficient (Wildman–Crippen LogP) is 3.52. The van der Waals surface area contributed by atoms with Gasteiger partial charge in [0.15, 0.2) is 11.5 Å². The number of H-pyrrole nitrogens is 1. The minimum atomic E-state index is 0.228. The maximum Gasteiger partial charge on any atom is 0.262 e. The van der Waals surface area contributed by atoms with Crippen LogP contribution >= 0.6 is 0 Å². The Hall–Kier alpha value is -3.61. The fraction of sp³-hybridized carbons (Fsp3) is 0.0556. The van der Waals surface area contributed by atoms with Crippen LogP contribution in [0.1, 0.15) is 0 Å². The number of fused-ring (bicyclic) bond motifs is 1. The van der Waals surface area contributed by atoms with E-state index in [1.54, 1.807) is 6.20 Å². The van der Waals surface area contributed by atoms with Gasteiger partial charge in [0.2, 0.25) is 12.6 Å². The van der Waals surface area contributed by atoms with Crippen LogP contribution in [0.4, 0.5) is 0 Å². The van der Waals surface area contributed by atoms with E-state index in [4.69, 9.17) is 14.0 Å². The number of nitrogens with one attached hydrogen (secondary N) is 1. The quantitative estimate of drug-likeness (QED) is 0.618. The summed E-state index contributed by atoms with van der Waals surface area (Å²) in [5, 5.41) is 11.2. The van der Waals surface area contributed by atoms with Gasteiger partial charge in [-0.05, 0) is 18.2 Å². The number of ether oxygens (including phenoxy) is 2. The van der Waals surface area contributed by atoms with E-state index in [1.807, 2.05) is 48.5 Å². The molecule has 0 spiro atoms. The van der Waals surface area contributed by atoms with Gasteiger partial charge in [0.05, 0.1) is 17.5 Å². The fourth-order valence-corrected chi connectivity index (χ4v) is 2.76. The van der Waals surface area contributed by atoms with Crippen LogP contribution < -0.4 is 9.47 Å². The van der Waals surface area contributed by atoms with Crippen molar-refractivity contribution in [1.82, 2.24) is 20.3 Å². The Morgan fingerprint density at radius 3 is 2.72 bits per heavy atom. The monoisotopic (exact) mass is 332 g/mol. The average molecular weight is 332 g/mol. The molecule has 0 radical (unpaired) electrons. The standard InChI is InChI=1S/C18H12N4O3/c1-2-4-11(5-3-1)16-13(9-19-21-16)18-20-17(22-25-18)12-6-7-14-15(8-12)24-10-23-14/h1-9H,10H2,(H,19,21). The number of nitrogens with zero attached hydrogens (tertiary/aromatic N) is 3. The van der Waals surface area contributed by atoms with E-state index < -0.39 is 0 Å². The molecule has 0 fully saturated rings. The van der Waals surface area contributed by atoms with Crippen LogP contribution in [-0.2, 0) is 0 Å². The lowest BCUT2D eigenvalue weighted by molar-refractivity contribution is 0.174. The molecule has 0 atom stereocenters. The number of hydrogen-bond donors (Lipinski definition) is 1. The highest BCUT2D eigenvalue weighted by molar-refractivity contribution is 5.76. The van der Waals surface area contributed by atoms with Crippen molar-refractivity contribution in [2.75, 3.05) is 6.79 Å². The Morgan fingerprint density at radius 2 is 1.80 bits per heavy atom. The van der Waals surface area contributed by atoms with Crippen molar-refractivity contribution >= 4 is 0 Å². The number of rotatable bonds is 3. The zero-order valence-electron chi connectivity index (χ0n) is 13.0. The molecular formula is C18H12N4O3. The summed E-state index contributed by atoms with van der Waals surface area (Å²) >= 11 is 0. The van der Waals surface area contributed by atoms with Gasteiger partial charge in [-0.15, -0.1) is 0 Å². The van der Waals surface area contributed by atoms with Crippen molar-refractivity contribution in [3.63, 3.8) is 0 Å². The summed E-state index contributed by atoms with van der Waals surface area (Å²) in [6.07, 6.45) is 1.68. The zero-order valence-corrected chi connectivity index (χ0v) is 13.0. The van der Waals surface area contributed by atoms with Crippen LogP contribution in [0.5, 0.6) is 11.5 Å². The van der Waals surface area contributed by atoms with Crippen molar-refractivity contribution in [3.05, 3.63) is 54.7 Å². The molecule has 7 nitrogen and oxygen atoms in total. The molecule has 4 aromatic rings. The molecule has 0 bridgehead atoms. The first-order chi connectivity index (χ1) is 12.4. The molecule has 2 aromatic heterocycles. The Kier molecular flexibility index (Phi) is 3.03. The van der Waals surface area contributed by atoms with Crippen molar-refractivity contribution in [2.24, 2.45) is 0 Å². The van der Waals surface area contributed by atoms with Crippen molar-refractivity contribution < 1.29 is 14.0 Å². The first-order valence-corrected chi connectivity index (χ1v) is 7.71. The molecule has 2 aromatic carbocycles. The fourth-order valence-electron chi connectivity index (χ4n) is 2.76. The summed E-state index contributed by atoms with van der Waals surface area (Å²) in [5.41, 5.74) is 3.38. The van der Waals surface area contributed by atoms with Gasteiger partial charge in [-0.2, -0.15) is 10.1 Å². The molecule has 0 aliphatic carbocycles. The van der Waals surface area contributed by atoms with E-state index in [0.29, 0.717) is 23.2 Å². The lowest BCUT2D eigenvalue weighted by atomic mass is 10.1. The second-order valence-corrected chi connectivity index (χ2v) is 5.52. The topological polar surface area (TPSA) is 86.1 Å². The van der Waals surface area contributed by atoms with Crippen LogP contribution in [0.2, 0.25) is 0 Å². The van der Waals surface area contributed by atoms with Crippen molar-refractivity contribution in [2.45, 2.75) is 0 Å². The van der Waals surface area contributed by atoms with Gasteiger partial charge in [-0.3, -0.25) is 5.10 Å². The summed E-state index contributed by atoms with van der Waals surface area (Å²) in [5.74, 6) is 2.28. The molecule has 1 N–H and O–H groups in total. The van der Waals surface area contributed by atoms with Crippen molar-refractivity contribution in [1.29, 1.82) is 0 Å². The van der Waals surface area contributed by atoms with Gasteiger partial charge < -0.3 is 14.0 Å². The van der Waals surface area contributed by atoms with E-state index in [0.717, 1.165) is 22.4 Å². The summed E-state index contributed by atoms with van der Waals surface area (Å²) in [6, 6.07) is 15.4. The third-order valence-electron chi connectivity index (χ3n) is 3.99. The third kappa shape index (κ3) is 2.33. The Bertz CT molecular complexity index is 1040. The largest absolute Gasteiger partial charge is 0.454 e. The molecule has 0 unspecified atom stereocenters.